The molecule has 1 fully saturated rings. The molecule has 20 atom stereocenters. The van der Waals surface area contributed by atoms with Gasteiger partial charge >= 0.3 is 0 Å². The summed E-state index contributed by atoms with van der Waals surface area (Å²) in [5.41, 5.74) is 10.2. The number of ketones is 6. The Bertz CT molecular complexity index is 4060. The Hall–Kier alpha value is -7.73. The number of aliphatic hydroxyl groups excluding tert-OH is 8. The van der Waals surface area contributed by atoms with Crippen molar-refractivity contribution in [2.75, 3.05) is 83.4 Å². The number of unbranched alkanes of at least 4 members (excludes halogenated alkanes) is 1. The van der Waals surface area contributed by atoms with Gasteiger partial charge in [0.15, 0.2) is 40.9 Å². The molecule has 6 aliphatic rings. The van der Waals surface area contributed by atoms with Gasteiger partial charge in [-0.1, -0.05) is 174 Å². The Morgan fingerprint density at radius 3 is 1.21 bits per heavy atom. The Labute approximate surface area is 756 Å². The molecule has 5 aliphatic carbocycles. The SMILES string of the molecule is CCC(=O)C/C(C)=C/CC1C(C)C(=O)C(SC)=C(OC)C1O.CCCC/C(C)=C/CC1C(C)C(=O)C(OC)=C(OC)C1O.CNC1=C(OC)C(O)C(C/C=C(\C)CC/C=C(\C)CCC=C(C)C)C(C)C1=O.COC1=C(OC)C(O)C(C/C=C(\C)CCc2ccccc2)C(C)C1=O.COC1=C(OC)C(O)C(C/C=C(\C)CO[C@H]2OC(CO)[C@H](C)C(O)[C@H]2O)C(C)C1=O. The largest absolute Gasteiger partial charge is 0.497 e. The highest BCUT2D eigenvalue weighted by Crippen LogP contribution is 2.42. The normalized spacial score (nSPS) is 28.3. The number of aliphatic hydroxyl groups is 8. The van der Waals surface area contributed by atoms with Gasteiger partial charge in [0.05, 0.1) is 87.2 Å². The number of hydrogen-bond acceptors (Lipinski definition) is 26. The summed E-state index contributed by atoms with van der Waals surface area (Å²) in [5.74, 6) is -1.57. The third-order valence-corrected chi connectivity index (χ3v) is 25.9. The molecular formula is C100H155NO24S. The molecule has 1 aromatic carbocycles. The van der Waals surface area contributed by atoms with E-state index >= 15 is 0 Å². The zero-order valence-electron chi connectivity index (χ0n) is 80.2. The lowest BCUT2D eigenvalue weighted by Crippen LogP contribution is -2.55. The highest BCUT2D eigenvalue weighted by Gasteiger charge is 2.48. The van der Waals surface area contributed by atoms with Crippen LogP contribution in [0.3, 0.4) is 0 Å². The van der Waals surface area contributed by atoms with Gasteiger partial charge in [-0.05, 0) is 151 Å². The monoisotopic (exact) mass is 1790 g/mol. The fraction of sp³-hybridized carbons (Fsp3) is 0.640. The first-order chi connectivity index (χ1) is 59.7. The van der Waals surface area contributed by atoms with Crippen LogP contribution >= 0.6 is 11.8 Å². The van der Waals surface area contributed by atoms with Gasteiger partial charge in [-0.2, -0.15) is 0 Å². The van der Waals surface area contributed by atoms with Gasteiger partial charge in [-0.25, -0.2) is 0 Å². The first kappa shape index (κ1) is 112. The van der Waals surface area contributed by atoms with Crippen LogP contribution < -0.4 is 5.32 Å². The van der Waals surface area contributed by atoms with Crippen LogP contribution in [0.5, 0.6) is 0 Å². The standard InChI is InChI=1S/C24H39NO3.C21H34O9.C21H28O4.C17H26O4S.C17H28O4/c1-16(2)10-8-11-17(3)12-9-13-18(4)14-15-20-19(5)22(26)21(25-6)24(28-7)23(20)27;1-10(9-29-21-18(26)15(23)12(3)14(8-22)30-21)6-7-13-11(2)16(24)19(27-4)20(28-5)17(13)25;1-14(10-12-16-8-6-5-7-9-16)11-13-17-15(2)18(22)20(24-3)21(25-4)19(17)23;1-6-12(18)9-10(2)7-8-13-11(3)14(19)17(22-5)16(21-4)15(13)20;1-6-7-8-11(2)9-10-13-12(3)14(18)16(20-4)17(21-5)15(13)19/h10,12,14,19-20,23,25,27H,8-9,11,13,15H2,1-7H3;6,11-15,17-18,21-23,25-26H,7-9H2,1-5H3;5-9,11,15,17,19,23H,10,12-13H2,1-4H3;7,11,13,15,20H,6,8-9H2,1-5H3;9,12-13,15,19H,6-8,10H2,1-5H3/b17-12+,18-14+;10-6+;14-11+;10-7+;11-9+/t;11?,12-,13?,14?,15?,17?,18+,21-;;;/m.0.../s1. The number of allylic oxidation sites excluding steroid dienone is 18. The van der Waals surface area contributed by atoms with E-state index < -0.39 is 67.0 Å². The van der Waals surface area contributed by atoms with Crippen molar-refractivity contribution in [1.82, 2.24) is 5.32 Å². The molecule has 17 unspecified atom stereocenters. The summed E-state index contributed by atoms with van der Waals surface area (Å²) in [6.07, 6.45) is 22.0. The molecule has 1 aromatic rings. The van der Waals surface area contributed by atoms with Crippen molar-refractivity contribution >= 4 is 46.5 Å². The molecule has 0 bridgehead atoms. The van der Waals surface area contributed by atoms with Crippen molar-refractivity contribution in [3.05, 3.63) is 174 Å². The summed E-state index contributed by atoms with van der Waals surface area (Å²) in [7, 11) is 13.2. The fourth-order valence-electron chi connectivity index (χ4n) is 16.3. The number of ether oxygens (including phenoxy) is 10. The van der Waals surface area contributed by atoms with Gasteiger partial charge in [0.1, 0.15) is 53.9 Å². The first-order valence-electron chi connectivity index (χ1n) is 44.5. The molecule has 1 saturated heterocycles. The van der Waals surface area contributed by atoms with Crippen LogP contribution in [-0.4, -0.2) is 214 Å². The van der Waals surface area contributed by atoms with Gasteiger partial charge in [-0.3, -0.25) is 28.8 Å². The topological polar surface area (TPSA) is 369 Å². The number of methoxy groups -OCH3 is 8. The maximum absolute atomic E-state index is 12.6. The lowest BCUT2D eigenvalue weighted by atomic mass is 9.76. The lowest BCUT2D eigenvalue weighted by Gasteiger charge is -2.40. The number of carbonyl (C=O) groups is 6. The fourth-order valence-corrected chi connectivity index (χ4v) is 17.1. The van der Waals surface area contributed by atoms with Crippen LogP contribution in [0.4, 0.5) is 0 Å². The molecule has 0 saturated carbocycles. The molecule has 9 N–H and O–H groups in total. The van der Waals surface area contributed by atoms with Crippen molar-refractivity contribution in [3.63, 3.8) is 0 Å². The minimum absolute atomic E-state index is 0.00984. The second kappa shape index (κ2) is 57.3. The second-order valence-electron chi connectivity index (χ2n) is 34.3. The Kier molecular flexibility index (Phi) is 51.2. The summed E-state index contributed by atoms with van der Waals surface area (Å²) < 4.78 is 52.7. The van der Waals surface area contributed by atoms with Crippen LogP contribution in [-0.2, 0) is 82.6 Å². The van der Waals surface area contributed by atoms with E-state index in [0.29, 0.717) is 67.1 Å². The number of rotatable bonds is 39. The quantitative estimate of drug-likeness (QED) is 0.0276. The van der Waals surface area contributed by atoms with E-state index in [-0.39, 0.29) is 136 Å². The summed E-state index contributed by atoms with van der Waals surface area (Å²) >= 11 is 1.32. The van der Waals surface area contributed by atoms with Crippen LogP contribution in [0.2, 0.25) is 0 Å². The summed E-state index contributed by atoms with van der Waals surface area (Å²) in [6, 6.07) is 10.4. The highest BCUT2D eigenvalue weighted by atomic mass is 32.2. The number of carbonyl (C=O) groups excluding carboxylic acids is 6. The molecule has 0 aromatic heterocycles. The van der Waals surface area contributed by atoms with Gasteiger partial charge in [-0.15, -0.1) is 11.8 Å². The Balaban J connectivity index is 0.000000409. The minimum atomic E-state index is -1.23. The molecule has 1 heterocycles. The van der Waals surface area contributed by atoms with Crippen LogP contribution in [0.25, 0.3) is 0 Å². The highest BCUT2D eigenvalue weighted by molar-refractivity contribution is 8.03. The van der Waals surface area contributed by atoms with E-state index in [0.717, 1.165) is 56.1 Å². The van der Waals surface area contributed by atoms with Crippen molar-refractivity contribution in [2.45, 2.75) is 269 Å². The molecule has 1 aliphatic heterocycles. The van der Waals surface area contributed by atoms with Gasteiger partial charge < -0.3 is 93.5 Å². The molecular weight excluding hydrogens is 1630 g/mol. The molecule has 7 rings (SSSR count). The van der Waals surface area contributed by atoms with Crippen LogP contribution in [0, 0.1) is 65.1 Å². The zero-order valence-corrected chi connectivity index (χ0v) is 81.0. The van der Waals surface area contributed by atoms with E-state index in [1.807, 2.05) is 85.1 Å². The van der Waals surface area contributed by atoms with E-state index in [1.165, 1.54) is 115 Å². The smallest absolute Gasteiger partial charge is 0.204 e. The average Bonchev–Trinajstić information content (AvgIpc) is 0.811. The molecule has 126 heavy (non-hydrogen) atoms. The molecule has 0 spiro atoms. The molecule has 0 radical (unpaired) electrons. The van der Waals surface area contributed by atoms with Crippen LogP contribution in [0.1, 0.15) is 213 Å². The minimum Gasteiger partial charge on any atom is -0.497 e. The molecule has 25 nitrogen and oxygen atoms in total. The van der Waals surface area contributed by atoms with E-state index in [1.54, 1.807) is 20.9 Å². The number of hydrogen-bond donors (Lipinski definition) is 9. The van der Waals surface area contributed by atoms with Gasteiger partial charge in [0.25, 0.3) is 0 Å². The van der Waals surface area contributed by atoms with E-state index in [9.17, 15) is 69.6 Å². The second-order valence-corrected chi connectivity index (χ2v) is 35.1. The van der Waals surface area contributed by atoms with E-state index in [2.05, 4.69) is 96.3 Å². The zero-order chi connectivity index (χ0) is 95.1. The number of benzene rings is 1. The number of thioether (sulfide) groups is 1. The third kappa shape index (κ3) is 32.1. The average molecular weight is 1790 g/mol. The van der Waals surface area contributed by atoms with Gasteiger partial charge in [0, 0.05) is 85.0 Å². The molecule has 710 valence electrons. The van der Waals surface area contributed by atoms with E-state index in [4.69, 9.17) is 47.4 Å². The number of aryl methyl sites for hydroxylation is 1. The lowest BCUT2D eigenvalue weighted by molar-refractivity contribution is -0.285. The summed E-state index contributed by atoms with van der Waals surface area (Å²) in [6.45, 7) is 31.2. The maximum atomic E-state index is 12.6. The van der Waals surface area contributed by atoms with Crippen LogP contribution in [0.15, 0.2) is 169 Å². The number of nitrogens with one attached hydrogen (secondary N) is 1. The Morgan fingerprint density at radius 2 is 0.825 bits per heavy atom. The predicted molar refractivity (Wildman–Crippen MR) is 493 cm³/mol. The predicted octanol–water partition coefficient (Wildman–Crippen LogP) is 15.2. The Morgan fingerprint density at radius 1 is 0.452 bits per heavy atom. The summed E-state index contributed by atoms with van der Waals surface area (Å²) in [5, 5.41) is 85.4. The molecule has 26 heteroatoms. The number of Topliss-reactive ketones (excluding diaryl/α,β-unsaturated/α-hetero) is 6. The van der Waals surface area contributed by atoms with Crippen molar-refractivity contribution in [2.24, 2.45) is 65.1 Å². The maximum Gasteiger partial charge on any atom is 0.204 e. The third-order valence-electron chi connectivity index (χ3n) is 25.1. The summed E-state index contributed by atoms with van der Waals surface area (Å²) in [4.78, 5) is 74.2. The first-order valence-corrected chi connectivity index (χ1v) is 45.7. The van der Waals surface area contributed by atoms with Crippen molar-refractivity contribution in [1.29, 1.82) is 0 Å². The number of likely N-dealkylation sites (N-methyl/N-ethyl adjacent to an activating group) is 1. The molecule has 0 amide bonds. The van der Waals surface area contributed by atoms with Crippen molar-refractivity contribution in [3.8, 4) is 0 Å². The van der Waals surface area contributed by atoms with Gasteiger partial charge in [0.2, 0.25) is 34.6 Å². The van der Waals surface area contributed by atoms with Crippen molar-refractivity contribution < 1.29 is 117 Å².